The molecule has 1 aromatic heterocycles. The van der Waals surface area contributed by atoms with Crippen molar-refractivity contribution < 1.29 is 18.4 Å². The molecule has 2 atom stereocenters. The van der Waals surface area contributed by atoms with Crippen LogP contribution in [0.4, 0.5) is 4.39 Å². The second-order valence-corrected chi connectivity index (χ2v) is 7.89. The van der Waals surface area contributed by atoms with E-state index in [4.69, 9.17) is 14.0 Å². The average molecular weight is 449 g/mol. The van der Waals surface area contributed by atoms with Gasteiger partial charge in [0.15, 0.2) is 5.58 Å². The van der Waals surface area contributed by atoms with Gasteiger partial charge in [-0.3, -0.25) is 0 Å². The van der Waals surface area contributed by atoms with E-state index in [0.29, 0.717) is 24.0 Å². The highest BCUT2D eigenvalue weighted by Gasteiger charge is 2.30. The fraction of sp³-hybridized carbons (Fsp3) is 0.458. The number of rotatable bonds is 8. The molecule has 31 heavy (non-hydrogen) atoms. The van der Waals surface area contributed by atoms with Gasteiger partial charge in [-0.05, 0) is 68.5 Å². The molecule has 0 amide bonds. The number of nitrogens with one attached hydrogen (secondary N) is 1. The highest BCUT2D eigenvalue weighted by molar-refractivity contribution is 5.85. The molecule has 1 aliphatic heterocycles. The van der Waals surface area contributed by atoms with E-state index in [1.165, 1.54) is 17.7 Å². The summed E-state index contributed by atoms with van der Waals surface area (Å²) >= 11 is 0. The Morgan fingerprint density at radius 1 is 1.23 bits per heavy atom. The van der Waals surface area contributed by atoms with Crippen molar-refractivity contribution in [3.05, 3.63) is 53.5 Å². The Bertz CT molecular complexity index is 994. The zero-order chi connectivity index (χ0) is 20.9. The second-order valence-electron chi connectivity index (χ2n) is 7.89. The number of halogens is 2. The molecule has 0 aliphatic carbocycles. The minimum Gasteiger partial charge on any atom is -0.496 e. The minimum absolute atomic E-state index is 0. The molecule has 1 aliphatic rings. The largest absolute Gasteiger partial charge is 0.496 e. The molecular formula is C24H30ClFN2O3. The number of benzene rings is 2. The lowest BCUT2D eigenvalue weighted by Gasteiger charge is -2.31. The van der Waals surface area contributed by atoms with E-state index in [1.807, 2.05) is 12.1 Å². The lowest BCUT2D eigenvalue weighted by Crippen LogP contribution is -2.35. The molecule has 1 fully saturated rings. The van der Waals surface area contributed by atoms with E-state index in [9.17, 15) is 4.39 Å². The molecule has 4 rings (SSSR count). The van der Waals surface area contributed by atoms with E-state index in [2.05, 4.69) is 23.5 Å². The molecule has 5 nitrogen and oxygen atoms in total. The van der Waals surface area contributed by atoms with Crippen molar-refractivity contribution >= 4 is 23.4 Å². The van der Waals surface area contributed by atoms with Gasteiger partial charge in [-0.15, -0.1) is 12.4 Å². The summed E-state index contributed by atoms with van der Waals surface area (Å²) in [6.07, 6.45) is 3.91. The van der Waals surface area contributed by atoms with Crippen LogP contribution in [0.15, 0.2) is 40.9 Å². The molecule has 2 heterocycles. The molecule has 3 aromatic rings. The third-order valence-corrected chi connectivity index (χ3v) is 6.05. The highest BCUT2D eigenvalue weighted by Crippen LogP contribution is 2.36. The number of aryl methyl sites for hydroxylation is 1. The first-order chi connectivity index (χ1) is 14.7. The van der Waals surface area contributed by atoms with Crippen LogP contribution < -0.4 is 14.8 Å². The molecule has 0 spiro atoms. The summed E-state index contributed by atoms with van der Waals surface area (Å²) in [6, 6.07) is 10.7. The topological polar surface area (TPSA) is 56.5 Å². The maximum atomic E-state index is 13.5. The zero-order valence-corrected chi connectivity index (χ0v) is 18.8. The summed E-state index contributed by atoms with van der Waals surface area (Å²) < 4.78 is 30.3. The van der Waals surface area contributed by atoms with E-state index in [-0.39, 0.29) is 18.2 Å². The number of piperidine rings is 1. The van der Waals surface area contributed by atoms with Gasteiger partial charge in [0.25, 0.3) is 0 Å². The van der Waals surface area contributed by atoms with Gasteiger partial charge in [0.2, 0.25) is 0 Å². The van der Waals surface area contributed by atoms with Crippen LogP contribution in [0.2, 0.25) is 0 Å². The number of fused-ring (bicyclic) bond motifs is 1. The van der Waals surface area contributed by atoms with Crippen LogP contribution >= 0.6 is 12.4 Å². The summed E-state index contributed by atoms with van der Waals surface area (Å²) in [5.41, 5.74) is 2.66. The quantitative estimate of drug-likeness (QED) is 0.460. The van der Waals surface area contributed by atoms with Crippen LogP contribution in [-0.2, 0) is 6.42 Å². The van der Waals surface area contributed by atoms with Gasteiger partial charge in [-0.1, -0.05) is 18.1 Å². The number of hydrogen-bond acceptors (Lipinski definition) is 5. The van der Waals surface area contributed by atoms with Gasteiger partial charge in [0, 0.05) is 23.4 Å². The number of methoxy groups -OCH3 is 1. The van der Waals surface area contributed by atoms with Crippen molar-refractivity contribution in [1.82, 2.24) is 10.5 Å². The molecule has 2 aromatic carbocycles. The van der Waals surface area contributed by atoms with Crippen LogP contribution in [0.25, 0.3) is 11.0 Å². The predicted molar refractivity (Wildman–Crippen MR) is 122 cm³/mol. The molecule has 0 saturated carbocycles. The molecule has 2 unspecified atom stereocenters. The fourth-order valence-electron chi connectivity index (χ4n) is 4.43. The normalized spacial score (nSPS) is 18.5. The Balaban J connectivity index is 0.00000272. The Morgan fingerprint density at radius 2 is 2.10 bits per heavy atom. The molecule has 0 bridgehead atoms. The van der Waals surface area contributed by atoms with Crippen molar-refractivity contribution in [1.29, 1.82) is 0 Å². The summed E-state index contributed by atoms with van der Waals surface area (Å²) in [4.78, 5) is 0. The Labute approximate surface area is 188 Å². The molecule has 0 radical (unpaired) electrons. The van der Waals surface area contributed by atoms with E-state index < -0.39 is 0 Å². The van der Waals surface area contributed by atoms with Crippen LogP contribution in [-0.4, -0.2) is 32.0 Å². The van der Waals surface area contributed by atoms with Crippen LogP contribution in [0.3, 0.4) is 0 Å². The number of nitrogens with zero attached hydrogens (tertiary/aromatic N) is 1. The number of aromatic nitrogens is 1. The maximum Gasteiger partial charge on any atom is 0.170 e. The van der Waals surface area contributed by atoms with Gasteiger partial charge in [0.1, 0.15) is 17.3 Å². The summed E-state index contributed by atoms with van der Waals surface area (Å²) in [5.74, 6) is 2.17. The highest BCUT2D eigenvalue weighted by atomic mass is 35.5. The van der Waals surface area contributed by atoms with Gasteiger partial charge in [-0.2, -0.15) is 0 Å². The van der Waals surface area contributed by atoms with Crippen molar-refractivity contribution in [2.75, 3.05) is 26.8 Å². The third-order valence-electron chi connectivity index (χ3n) is 6.05. The van der Waals surface area contributed by atoms with Gasteiger partial charge < -0.3 is 19.3 Å². The summed E-state index contributed by atoms with van der Waals surface area (Å²) in [5, 5.41) is 8.73. The molecule has 168 valence electrons. The molecule has 7 heteroatoms. The first-order valence-electron chi connectivity index (χ1n) is 10.7. The lowest BCUT2D eigenvalue weighted by molar-refractivity contribution is 0.252. The number of hydrogen-bond donors (Lipinski definition) is 1. The van der Waals surface area contributed by atoms with Crippen LogP contribution in [0.5, 0.6) is 11.5 Å². The third kappa shape index (κ3) is 5.31. The predicted octanol–water partition coefficient (Wildman–Crippen LogP) is 5.51. The first-order valence-corrected chi connectivity index (χ1v) is 10.7. The molecule has 1 N–H and O–H groups in total. The van der Waals surface area contributed by atoms with E-state index in [1.54, 1.807) is 13.2 Å². The summed E-state index contributed by atoms with van der Waals surface area (Å²) in [7, 11) is 1.69. The van der Waals surface area contributed by atoms with Gasteiger partial charge >= 0.3 is 0 Å². The van der Waals surface area contributed by atoms with Crippen LogP contribution in [0, 0.1) is 11.7 Å². The van der Waals surface area contributed by atoms with E-state index in [0.717, 1.165) is 61.4 Å². The standard InChI is InChI=1S/C24H29FN2O3.ClH/c1-3-16-6-8-19(14-22(16)28-2)29-12-4-5-17-15-26-11-10-20(17)24-21-9-7-18(25)13-23(21)30-27-24;/h6-9,13-14,17,20,26H,3-5,10-12,15H2,1-2H3;1H. The monoisotopic (exact) mass is 448 g/mol. The maximum absolute atomic E-state index is 13.5. The zero-order valence-electron chi connectivity index (χ0n) is 18.0. The average Bonchev–Trinajstić information content (AvgIpc) is 3.19. The first kappa shape index (κ1) is 23.4. The van der Waals surface area contributed by atoms with Gasteiger partial charge in [0.05, 0.1) is 19.4 Å². The van der Waals surface area contributed by atoms with Crippen molar-refractivity contribution in [3.8, 4) is 11.5 Å². The lowest BCUT2D eigenvalue weighted by atomic mass is 9.80. The van der Waals surface area contributed by atoms with Gasteiger partial charge in [-0.25, -0.2) is 4.39 Å². The summed E-state index contributed by atoms with van der Waals surface area (Å²) in [6.45, 7) is 4.67. The van der Waals surface area contributed by atoms with E-state index >= 15 is 0 Å². The second kappa shape index (κ2) is 10.8. The SMILES string of the molecule is CCc1ccc(OCCCC2CNCCC2c2noc3cc(F)ccc23)cc1OC.Cl. The fourth-order valence-corrected chi connectivity index (χ4v) is 4.43. The Kier molecular flexibility index (Phi) is 8.15. The van der Waals surface area contributed by atoms with Crippen LogP contribution in [0.1, 0.15) is 43.4 Å². The Morgan fingerprint density at radius 3 is 2.90 bits per heavy atom. The smallest absolute Gasteiger partial charge is 0.170 e. The van der Waals surface area contributed by atoms with Crippen molar-refractivity contribution in [2.24, 2.45) is 5.92 Å². The number of ether oxygens (including phenoxy) is 2. The van der Waals surface area contributed by atoms with Crippen molar-refractivity contribution in [3.63, 3.8) is 0 Å². The minimum atomic E-state index is -0.298. The Hall–Kier alpha value is -2.31. The molecule has 1 saturated heterocycles. The molecular weight excluding hydrogens is 419 g/mol. The van der Waals surface area contributed by atoms with Crippen molar-refractivity contribution in [2.45, 2.75) is 38.5 Å².